The van der Waals surface area contributed by atoms with Crippen molar-refractivity contribution < 1.29 is 32.7 Å². The molecular formula is C26H48O7Si2. The van der Waals surface area contributed by atoms with Crippen molar-refractivity contribution in [3.8, 4) is 0 Å². The van der Waals surface area contributed by atoms with Crippen LogP contribution in [0.1, 0.15) is 47.0 Å². The predicted molar refractivity (Wildman–Crippen MR) is 145 cm³/mol. The highest BCUT2D eigenvalue weighted by Gasteiger charge is 2.30. The molecule has 0 aliphatic heterocycles. The molecule has 7 nitrogen and oxygen atoms in total. The number of methoxy groups -OCH3 is 2. The fraction of sp³-hybridized carbons (Fsp3) is 0.731. The van der Waals surface area contributed by atoms with Gasteiger partial charge in [0.15, 0.2) is 8.32 Å². The van der Waals surface area contributed by atoms with Gasteiger partial charge in [-0.1, -0.05) is 19.4 Å². The second-order valence-electron chi connectivity index (χ2n) is 10.9. The standard InChI is InChI=1S/C26H48O7Si2/c1-13-31-26(33-35(10,11)12)17-21(14-15-24(27)29-5)23(32-34(7,8)9)18-22(19(2)3)20(4)16-25(28)30-6/h16,19,22-23H,13-15,18H2,1-12H3/b20-16-/t17?,22-,23-/m1/s1. The highest BCUT2D eigenvalue weighted by molar-refractivity contribution is 6.70. The van der Waals surface area contributed by atoms with Gasteiger partial charge in [-0.25, -0.2) is 4.79 Å². The van der Waals surface area contributed by atoms with Crippen molar-refractivity contribution in [3.63, 3.8) is 0 Å². The first-order chi connectivity index (χ1) is 16.0. The van der Waals surface area contributed by atoms with Crippen LogP contribution in [0.4, 0.5) is 0 Å². The molecule has 0 amide bonds. The van der Waals surface area contributed by atoms with E-state index in [1.165, 1.54) is 14.2 Å². The Bertz CT molecular complexity index is 783. The molecule has 0 saturated heterocycles. The Hall–Kier alpha value is -1.81. The molecule has 2 atom stereocenters. The highest BCUT2D eigenvalue weighted by atomic mass is 28.4. The average Bonchev–Trinajstić information content (AvgIpc) is 2.71. The van der Waals surface area contributed by atoms with Crippen LogP contribution in [0.3, 0.4) is 0 Å². The number of ether oxygens (including phenoxy) is 3. The van der Waals surface area contributed by atoms with Crippen molar-refractivity contribution in [2.75, 3.05) is 20.8 Å². The van der Waals surface area contributed by atoms with Crippen molar-refractivity contribution in [1.82, 2.24) is 0 Å². The molecule has 0 bridgehead atoms. The van der Waals surface area contributed by atoms with Crippen LogP contribution in [0.5, 0.6) is 0 Å². The minimum Gasteiger partial charge on any atom is -0.514 e. The molecule has 35 heavy (non-hydrogen) atoms. The number of hydrogen-bond acceptors (Lipinski definition) is 7. The largest absolute Gasteiger partial charge is 0.514 e. The summed E-state index contributed by atoms with van der Waals surface area (Å²) in [6.07, 6.45) is 2.43. The van der Waals surface area contributed by atoms with Gasteiger partial charge in [-0.05, 0) is 83.5 Å². The third-order valence-electron chi connectivity index (χ3n) is 5.05. The number of rotatable bonds is 15. The molecule has 0 aromatic rings. The number of esters is 2. The fourth-order valence-electron chi connectivity index (χ4n) is 3.53. The quantitative estimate of drug-likeness (QED) is 0.0823. The molecule has 0 heterocycles. The lowest BCUT2D eigenvalue weighted by molar-refractivity contribution is -0.140. The van der Waals surface area contributed by atoms with E-state index in [1.807, 2.05) is 13.8 Å². The van der Waals surface area contributed by atoms with Gasteiger partial charge in [0.25, 0.3) is 0 Å². The van der Waals surface area contributed by atoms with Crippen molar-refractivity contribution in [2.24, 2.45) is 11.8 Å². The normalized spacial score (nSPS) is 14.0. The van der Waals surface area contributed by atoms with E-state index in [0.717, 1.165) is 11.1 Å². The summed E-state index contributed by atoms with van der Waals surface area (Å²) < 4.78 is 28.4. The molecule has 0 N–H and O–H groups in total. The molecule has 9 heteroatoms. The van der Waals surface area contributed by atoms with Gasteiger partial charge in [0.2, 0.25) is 8.32 Å². The molecule has 0 saturated carbocycles. The summed E-state index contributed by atoms with van der Waals surface area (Å²) in [4.78, 5) is 24.0. The molecule has 0 aliphatic rings. The fourth-order valence-corrected chi connectivity index (χ4v) is 5.29. The summed E-state index contributed by atoms with van der Waals surface area (Å²) in [5.74, 6) is -0.0434. The molecule has 0 aromatic heterocycles. The third-order valence-corrected chi connectivity index (χ3v) is 6.84. The van der Waals surface area contributed by atoms with Crippen molar-refractivity contribution in [3.05, 3.63) is 28.9 Å². The molecule has 0 aromatic carbocycles. The van der Waals surface area contributed by atoms with Crippen LogP contribution >= 0.6 is 0 Å². The zero-order valence-electron chi connectivity index (χ0n) is 24.0. The Labute approximate surface area is 215 Å². The van der Waals surface area contributed by atoms with E-state index in [0.29, 0.717) is 25.4 Å². The molecule has 0 fully saturated rings. The van der Waals surface area contributed by atoms with Crippen LogP contribution in [0.2, 0.25) is 39.3 Å². The van der Waals surface area contributed by atoms with Gasteiger partial charge in [-0.2, -0.15) is 0 Å². The monoisotopic (exact) mass is 528 g/mol. The number of carbonyl (C=O) groups is 2. The Morgan fingerprint density at radius 1 is 0.943 bits per heavy atom. The van der Waals surface area contributed by atoms with Crippen LogP contribution in [0.15, 0.2) is 28.9 Å². The molecule has 0 spiro atoms. The van der Waals surface area contributed by atoms with Crippen LogP contribution in [-0.2, 0) is 32.7 Å². The minimum atomic E-state index is -2.01. The predicted octanol–water partition coefficient (Wildman–Crippen LogP) is 6.20. The van der Waals surface area contributed by atoms with Crippen LogP contribution < -0.4 is 0 Å². The maximum absolute atomic E-state index is 12.0. The molecular weight excluding hydrogens is 480 g/mol. The van der Waals surface area contributed by atoms with Crippen LogP contribution in [0.25, 0.3) is 0 Å². The summed E-state index contributed by atoms with van der Waals surface area (Å²) in [5, 5.41) is 0. The number of carbonyl (C=O) groups excluding carboxylic acids is 2. The van der Waals surface area contributed by atoms with E-state index in [-0.39, 0.29) is 36.3 Å². The molecule has 0 unspecified atom stereocenters. The van der Waals surface area contributed by atoms with Gasteiger partial charge < -0.3 is 23.1 Å². The summed E-state index contributed by atoms with van der Waals surface area (Å²) in [5.41, 5.74) is 5.08. The highest BCUT2D eigenvalue weighted by Crippen LogP contribution is 2.32. The average molecular weight is 529 g/mol. The van der Waals surface area contributed by atoms with Gasteiger partial charge in [0.05, 0.1) is 26.9 Å². The smallest absolute Gasteiger partial charge is 0.330 e. The lowest BCUT2D eigenvalue weighted by Gasteiger charge is -2.32. The maximum Gasteiger partial charge on any atom is 0.330 e. The molecule has 0 radical (unpaired) electrons. The Morgan fingerprint density at radius 3 is 1.97 bits per heavy atom. The number of hydrogen-bond donors (Lipinski definition) is 0. The summed E-state index contributed by atoms with van der Waals surface area (Å²) in [7, 11) is -1.22. The van der Waals surface area contributed by atoms with E-state index in [9.17, 15) is 9.59 Å². The summed E-state index contributed by atoms with van der Waals surface area (Å²) in [6.45, 7) is 21.1. The first-order valence-electron chi connectivity index (χ1n) is 12.3. The zero-order chi connectivity index (χ0) is 27.4. The third kappa shape index (κ3) is 15.0. The SMILES string of the molecule is CCOC(=C=C(CCC(=O)OC)[C@@H](C[C@@H](/C(C)=C\C(=O)OC)C(C)C)O[Si](C)(C)C)O[Si](C)(C)C. The van der Waals surface area contributed by atoms with Crippen molar-refractivity contribution in [1.29, 1.82) is 0 Å². The summed E-state index contributed by atoms with van der Waals surface area (Å²) in [6, 6.07) is 0. The van der Waals surface area contributed by atoms with E-state index in [1.54, 1.807) is 6.08 Å². The lowest BCUT2D eigenvalue weighted by Crippen LogP contribution is -2.35. The molecule has 0 aliphatic carbocycles. The van der Waals surface area contributed by atoms with Gasteiger partial charge in [0, 0.05) is 18.1 Å². The zero-order valence-corrected chi connectivity index (χ0v) is 26.0. The van der Waals surface area contributed by atoms with Gasteiger partial charge >= 0.3 is 17.9 Å². The minimum absolute atomic E-state index is 0.0545. The van der Waals surface area contributed by atoms with Gasteiger partial charge in [-0.15, -0.1) is 0 Å². The Morgan fingerprint density at radius 2 is 1.54 bits per heavy atom. The maximum atomic E-state index is 12.0. The second kappa shape index (κ2) is 15.3. The second-order valence-corrected chi connectivity index (χ2v) is 19.8. The molecule has 0 rings (SSSR count). The van der Waals surface area contributed by atoms with Gasteiger partial charge in [0.1, 0.15) is 0 Å². The first kappa shape index (κ1) is 33.2. The van der Waals surface area contributed by atoms with Crippen molar-refractivity contribution >= 4 is 28.6 Å². The van der Waals surface area contributed by atoms with Crippen LogP contribution in [0, 0.1) is 11.8 Å². The van der Waals surface area contributed by atoms with E-state index in [4.69, 9.17) is 23.1 Å². The van der Waals surface area contributed by atoms with Crippen LogP contribution in [-0.4, -0.2) is 55.5 Å². The van der Waals surface area contributed by atoms with E-state index in [2.05, 4.69) is 58.9 Å². The number of allylic oxidation sites excluding steroid dienone is 1. The lowest BCUT2D eigenvalue weighted by atomic mass is 9.82. The Kier molecular flexibility index (Phi) is 14.5. The Balaban J connectivity index is 6.74. The topological polar surface area (TPSA) is 80.3 Å². The summed E-state index contributed by atoms with van der Waals surface area (Å²) >= 11 is 0. The van der Waals surface area contributed by atoms with E-state index >= 15 is 0 Å². The molecule has 202 valence electrons. The van der Waals surface area contributed by atoms with Crippen molar-refractivity contribution in [2.45, 2.75) is 92.3 Å². The first-order valence-corrected chi connectivity index (χ1v) is 19.2. The van der Waals surface area contributed by atoms with E-state index < -0.39 is 16.6 Å². The van der Waals surface area contributed by atoms with Gasteiger partial charge in [-0.3, -0.25) is 4.79 Å².